The van der Waals surface area contributed by atoms with E-state index in [4.69, 9.17) is 19.6 Å². The molecule has 3 aliphatic heterocycles. The maximum atomic E-state index is 14.6. The number of phenolic OH excluding ortho intramolecular Hbond substituents is 1. The predicted octanol–water partition coefficient (Wildman–Crippen LogP) is 6.99. The SMILES string of the molecule is CC(C)(C)OC(=O)N1CCN(C(=O)c2cc(-c3ccc(O)cc3)nc3c2c(/C=C/c2ccc(C(=O)N4CCCCC4)cc2)nn3C2CCCCO2)CC1. The number of ether oxygens (including phenoxy) is 2. The van der Waals surface area contributed by atoms with Gasteiger partial charge in [0.1, 0.15) is 11.4 Å². The standard InChI is InChI=1S/C41H48N6O6/c1-41(2,3)53-40(51)46-24-22-45(23-25-46)39(50)32-27-34(29-15-17-31(48)18-16-29)42-37-36(32)33(43-47(37)35-9-5-8-26-52-35)19-12-28-10-13-30(14-11-28)38(49)44-20-6-4-7-21-44/h10-19,27,35,48H,4-9,20-26H2,1-3H3/b19-12+. The molecule has 3 saturated heterocycles. The number of nitrogens with zero attached hydrogens (tertiary/aromatic N) is 6. The Morgan fingerprint density at radius 1 is 0.811 bits per heavy atom. The van der Waals surface area contributed by atoms with E-state index in [2.05, 4.69) is 0 Å². The van der Waals surface area contributed by atoms with Crippen LogP contribution in [0.1, 0.15) is 97.5 Å². The number of piperazine rings is 1. The Morgan fingerprint density at radius 3 is 2.15 bits per heavy atom. The van der Waals surface area contributed by atoms with E-state index >= 15 is 0 Å². The van der Waals surface area contributed by atoms with Crippen molar-refractivity contribution in [2.24, 2.45) is 0 Å². The maximum Gasteiger partial charge on any atom is 0.410 e. The first-order valence-electron chi connectivity index (χ1n) is 18.7. The number of hydrogen-bond acceptors (Lipinski definition) is 8. The zero-order valence-electron chi connectivity index (χ0n) is 30.8. The van der Waals surface area contributed by atoms with Crippen LogP contribution in [-0.2, 0) is 9.47 Å². The molecule has 3 aliphatic rings. The zero-order valence-corrected chi connectivity index (χ0v) is 30.8. The van der Waals surface area contributed by atoms with Crippen molar-refractivity contribution >= 4 is 41.1 Å². The minimum Gasteiger partial charge on any atom is -0.508 e. The molecular weight excluding hydrogens is 672 g/mol. The molecule has 0 saturated carbocycles. The van der Waals surface area contributed by atoms with Gasteiger partial charge in [-0.2, -0.15) is 5.10 Å². The third-order valence-electron chi connectivity index (χ3n) is 9.96. The highest BCUT2D eigenvalue weighted by atomic mass is 16.6. The minimum absolute atomic E-state index is 0.0584. The van der Waals surface area contributed by atoms with Gasteiger partial charge in [0.2, 0.25) is 0 Å². The lowest BCUT2D eigenvalue weighted by molar-refractivity contribution is -0.0370. The quantitative estimate of drug-likeness (QED) is 0.226. The largest absolute Gasteiger partial charge is 0.508 e. The van der Waals surface area contributed by atoms with Gasteiger partial charge in [-0.15, -0.1) is 0 Å². The number of aromatic nitrogens is 3. The average molecular weight is 721 g/mol. The first-order valence-corrected chi connectivity index (χ1v) is 18.7. The van der Waals surface area contributed by atoms with Crippen molar-refractivity contribution in [3.63, 3.8) is 0 Å². The Bertz CT molecular complexity index is 1980. The van der Waals surface area contributed by atoms with Crippen molar-refractivity contribution in [2.75, 3.05) is 45.9 Å². The summed E-state index contributed by atoms with van der Waals surface area (Å²) in [6, 6.07) is 16.1. The smallest absolute Gasteiger partial charge is 0.410 e. The molecular formula is C41H48N6O6. The number of rotatable bonds is 6. The molecule has 2 aromatic carbocycles. The molecule has 53 heavy (non-hydrogen) atoms. The molecule has 1 unspecified atom stereocenters. The number of pyridine rings is 1. The lowest BCUT2D eigenvalue weighted by Gasteiger charge is -2.35. The fourth-order valence-corrected chi connectivity index (χ4v) is 7.13. The van der Waals surface area contributed by atoms with Crippen LogP contribution in [0.2, 0.25) is 0 Å². The Balaban J connectivity index is 1.26. The van der Waals surface area contributed by atoms with Crippen LogP contribution in [0.15, 0.2) is 54.6 Å². The van der Waals surface area contributed by atoms with E-state index in [1.54, 1.807) is 44.8 Å². The van der Waals surface area contributed by atoms with E-state index in [1.807, 2.05) is 62.1 Å². The fraction of sp³-hybridized carbons (Fsp3) is 0.439. The number of aromatic hydroxyl groups is 1. The molecule has 278 valence electrons. The molecule has 3 fully saturated rings. The molecule has 3 amide bonds. The van der Waals surface area contributed by atoms with Gasteiger partial charge in [0.25, 0.3) is 11.8 Å². The summed E-state index contributed by atoms with van der Waals surface area (Å²) >= 11 is 0. The normalized spacial score (nSPS) is 18.5. The molecule has 0 spiro atoms. The average Bonchev–Trinajstić information content (AvgIpc) is 3.55. The van der Waals surface area contributed by atoms with E-state index in [-0.39, 0.29) is 23.8 Å². The summed E-state index contributed by atoms with van der Waals surface area (Å²) in [5, 5.41) is 15.7. The number of fused-ring (bicyclic) bond motifs is 1. The van der Waals surface area contributed by atoms with Crippen molar-refractivity contribution in [3.05, 3.63) is 77.0 Å². The monoisotopic (exact) mass is 720 g/mol. The van der Waals surface area contributed by atoms with Crippen molar-refractivity contribution in [3.8, 4) is 17.0 Å². The van der Waals surface area contributed by atoms with E-state index in [0.29, 0.717) is 66.3 Å². The molecule has 12 heteroatoms. The number of carbonyl (C=O) groups excluding carboxylic acids is 3. The van der Waals surface area contributed by atoms with Crippen LogP contribution in [0.4, 0.5) is 4.79 Å². The maximum absolute atomic E-state index is 14.6. The summed E-state index contributed by atoms with van der Waals surface area (Å²) < 4.78 is 13.6. The van der Waals surface area contributed by atoms with Crippen LogP contribution in [0, 0.1) is 0 Å². The Morgan fingerprint density at radius 2 is 1.49 bits per heavy atom. The number of piperidine rings is 1. The summed E-state index contributed by atoms with van der Waals surface area (Å²) in [7, 11) is 0. The van der Waals surface area contributed by atoms with Gasteiger partial charge >= 0.3 is 6.09 Å². The fourth-order valence-electron chi connectivity index (χ4n) is 7.13. The highest BCUT2D eigenvalue weighted by Gasteiger charge is 2.31. The lowest BCUT2D eigenvalue weighted by atomic mass is 10.0. The van der Waals surface area contributed by atoms with E-state index in [1.165, 1.54) is 0 Å². The van der Waals surface area contributed by atoms with E-state index in [0.717, 1.165) is 62.7 Å². The summed E-state index contributed by atoms with van der Waals surface area (Å²) in [4.78, 5) is 50.9. The summed E-state index contributed by atoms with van der Waals surface area (Å²) in [6.45, 7) is 9.06. The molecule has 1 N–H and O–H groups in total. The van der Waals surface area contributed by atoms with Crippen LogP contribution in [0.5, 0.6) is 5.75 Å². The first kappa shape index (κ1) is 36.1. The van der Waals surface area contributed by atoms with Gasteiger partial charge in [-0.25, -0.2) is 14.5 Å². The molecule has 0 radical (unpaired) electrons. The number of likely N-dealkylation sites (tertiary alicyclic amines) is 1. The van der Waals surface area contributed by atoms with Gasteiger partial charge in [0, 0.05) is 57.0 Å². The van der Waals surface area contributed by atoms with Crippen LogP contribution < -0.4 is 0 Å². The highest BCUT2D eigenvalue weighted by molar-refractivity contribution is 6.09. The summed E-state index contributed by atoms with van der Waals surface area (Å²) in [5.41, 5.74) is 3.78. The number of carbonyl (C=O) groups is 3. The molecule has 12 nitrogen and oxygen atoms in total. The second-order valence-corrected chi connectivity index (χ2v) is 15.0. The van der Waals surface area contributed by atoms with Gasteiger partial charge in [0.05, 0.1) is 22.3 Å². The third-order valence-corrected chi connectivity index (χ3v) is 9.96. The van der Waals surface area contributed by atoms with Crippen LogP contribution in [0.25, 0.3) is 34.4 Å². The highest BCUT2D eigenvalue weighted by Crippen LogP contribution is 2.34. The van der Waals surface area contributed by atoms with Gasteiger partial charge in [-0.3, -0.25) is 9.59 Å². The van der Waals surface area contributed by atoms with Crippen molar-refractivity contribution < 1.29 is 29.0 Å². The minimum atomic E-state index is -0.615. The number of amides is 3. The van der Waals surface area contributed by atoms with Crippen molar-refractivity contribution in [1.29, 1.82) is 0 Å². The second kappa shape index (κ2) is 15.4. The molecule has 7 rings (SSSR count). The molecule has 0 aliphatic carbocycles. The molecule has 5 heterocycles. The van der Waals surface area contributed by atoms with Gasteiger partial charge in [0.15, 0.2) is 11.9 Å². The topological polar surface area (TPSA) is 130 Å². The van der Waals surface area contributed by atoms with Gasteiger partial charge in [-0.05, 0) is 113 Å². The Kier molecular flexibility index (Phi) is 10.5. The van der Waals surface area contributed by atoms with E-state index < -0.39 is 11.7 Å². The first-order chi connectivity index (χ1) is 25.5. The molecule has 0 bridgehead atoms. The van der Waals surface area contributed by atoms with Crippen LogP contribution in [0.3, 0.4) is 0 Å². The second-order valence-electron chi connectivity index (χ2n) is 15.0. The van der Waals surface area contributed by atoms with E-state index in [9.17, 15) is 19.5 Å². The Labute approximate surface area is 310 Å². The summed E-state index contributed by atoms with van der Waals surface area (Å²) in [5.74, 6) is -0.00500. The van der Waals surface area contributed by atoms with Crippen LogP contribution in [-0.4, -0.2) is 104 Å². The number of benzene rings is 2. The third kappa shape index (κ3) is 8.22. The zero-order chi connectivity index (χ0) is 37.1. The Hall–Kier alpha value is -5.23. The molecule has 4 aromatic rings. The summed E-state index contributed by atoms with van der Waals surface area (Å²) in [6.07, 6.45) is 9.02. The lowest BCUT2D eigenvalue weighted by Crippen LogP contribution is -2.51. The molecule has 2 aromatic heterocycles. The van der Waals surface area contributed by atoms with Gasteiger partial charge in [-0.1, -0.05) is 18.2 Å². The number of phenols is 1. The van der Waals surface area contributed by atoms with Crippen molar-refractivity contribution in [2.45, 2.75) is 71.1 Å². The predicted molar refractivity (Wildman–Crippen MR) is 202 cm³/mol. The van der Waals surface area contributed by atoms with Gasteiger partial charge < -0.3 is 29.3 Å². The van der Waals surface area contributed by atoms with Crippen LogP contribution >= 0.6 is 0 Å². The van der Waals surface area contributed by atoms with Crippen molar-refractivity contribution in [1.82, 2.24) is 29.5 Å². The number of hydrogen-bond donors (Lipinski definition) is 1. The molecule has 1 atom stereocenters.